The highest BCUT2D eigenvalue weighted by Crippen LogP contribution is 2.29. The number of halogens is 3. The molecule has 36 heavy (non-hydrogen) atoms. The predicted molar refractivity (Wildman–Crippen MR) is 122 cm³/mol. The van der Waals surface area contributed by atoms with E-state index >= 15 is 0 Å². The molecule has 1 atom stereocenters. The van der Waals surface area contributed by atoms with Crippen molar-refractivity contribution in [1.29, 1.82) is 0 Å². The van der Waals surface area contributed by atoms with Crippen molar-refractivity contribution in [3.8, 4) is 0 Å². The van der Waals surface area contributed by atoms with Gasteiger partial charge in [0.05, 0.1) is 19.2 Å². The molecule has 0 spiro atoms. The van der Waals surface area contributed by atoms with Gasteiger partial charge < -0.3 is 20.1 Å². The van der Waals surface area contributed by atoms with Crippen molar-refractivity contribution in [2.24, 2.45) is 5.92 Å². The van der Waals surface area contributed by atoms with Crippen LogP contribution in [0.1, 0.15) is 40.7 Å². The standard InChI is InChI=1S/C25H27F3N2O6/c1-35-23(33)20(24(34)36-16-17-10-12-19(13-11-17)25(26,27)28)9-5-6-14-29-21(31)15-30-22(32)18-7-3-2-4-8-18/h2-4,7-8,10-13,20H,5-6,9,14-16H2,1H3,(H,29,31)(H,30,32)/t20-/m0/s1. The van der Waals surface area contributed by atoms with E-state index in [1.165, 1.54) is 12.1 Å². The van der Waals surface area contributed by atoms with Crippen LogP contribution in [-0.4, -0.2) is 44.0 Å². The number of ether oxygens (including phenoxy) is 2. The Morgan fingerprint density at radius 3 is 2.17 bits per heavy atom. The van der Waals surface area contributed by atoms with E-state index in [2.05, 4.69) is 15.4 Å². The van der Waals surface area contributed by atoms with E-state index < -0.39 is 29.6 Å². The van der Waals surface area contributed by atoms with Crippen LogP contribution < -0.4 is 10.6 Å². The zero-order valence-corrected chi connectivity index (χ0v) is 19.6. The third kappa shape index (κ3) is 9.40. The van der Waals surface area contributed by atoms with E-state index in [1.807, 2.05) is 0 Å². The Hall–Kier alpha value is -3.89. The van der Waals surface area contributed by atoms with Gasteiger partial charge >= 0.3 is 18.1 Å². The number of carbonyl (C=O) groups is 4. The van der Waals surface area contributed by atoms with Crippen LogP contribution in [-0.2, 0) is 36.6 Å². The molecule has 194 valence electrons. The Balaban J connectivity index is 1.71. The van der Waals surface area contributed by atoms with Crippen molar-refractivity contribution in [1.82, 2.24) is 10.6 Å². The van der Waals surface area contributed by atoms with E-state index in [0.29, 0.717) is 24.0 Å². The van der Waals surface area contributed by atoms with E-state index in [1.54, 1.807) is 30.3 Å². The number of nitrogens with one attached hydrogen (secondary N) is 2. The first-order valence-electron chi connectivity index (χ1n) is 11.1. The minimum atomic E-state index is -4.47. The Morgan fingerprint density at radius 2 is 1.56 bits per heavy atom. The number of esters is 2. The molecule has 0 radical (unpaired) electrons. The fourth-order valence-electron chi connectivity index (χ4n) is 3.14. The average molecular weight is 508 g/mol. The van der Waals surface area contributed by atoms with Crippen LogP contribution >= 0.6 is 0 Å². The molecule has 2 amide bonds. The molecule has 0 fully saturated rings. The molecule has 0 saturated carbocycles. The second-order valence-electron chi connectivity index (χ2n) is 7.77. The predicted octanol–water partition coefficient (Wildman–Crippen LogP) is 3.25. The number of rotatable bonds is 12. The molecule has 0 aliphatic carbocycles. The molecule has 0 bridgehead atoms. The number of hydrogen-bond donors (Lipinski definition) is 2. The number of hydrogen-bond acceptors (Lipinski definition) is 6. The summed E-state index contributed by atoms with van der Waals surface area (Å²) in [7, 11) is 1.13. The fraction of sp³-hybridized carbons (Fsp3) is 0.360. The van der Waals surface area contributed by atoms with Crippen molar-refractivity contribution in [3.05, 3.63) is 71.3 Å². The van der Waals surface area contributed by atoms with E-state index in [9.17, 15) is 32.3 Å². The summed E-state index contributed by atoms with van der Waals surface area (Å²) in [5, 5.41) is 5.14. The first-order chi connectivity index (χ1) is 17.1. The molecular weight excluding hydrogens is 481 g/mol. The molecule has 0 aromatic heterocycles. The van der Waals surface area contributed by atoms with Gasteiger partial charge in [0.2, 0.25) is 5.91 Å². The maximum Gasteiger partial charge on any atom is 0.416 e. The summed E-state index contributed by atoms with van der Waals surface area (Å²) in [6, 6.07) is 12.6. The van der Waals surface area contributed by atoms with Gasteiger partial charge in [-0.2, -0.15) is 13.2 Å². The molecule has 2 aromatic carbocycles. The van der Waals surface area contributed by atoms with Crippen molar-refractivity contribution >= 4 is 23.8 Å². The van der Waals surface area contributed by atoms with Crippen molar-refractivity contribution in [2.45, 2.75) is 32.0 Å². The minimum Gasteiger partial charge on any atom is -0.468 e. The first-order valence-corrected chi connectivity index (χ1v) is 11.1. The zero-order valence-electron chi connectivity index (χ0n) is 19.6. The van der Waals surface area contributed by atoms with Gasteiger partial charge in [-0.3, -0.25) is 19.2 Å². The van der Waals surface area contributed by atoms with E-state index in [0.717, 1.165) is 19.2 Å². The maximum atomic E-state index is 12.6. The van der Waals surface area contributed by atoms with Gasteiger partial charge in [0.15, 0.2) is 5.92 Å². The number of unbranched alkanes of at least 4 members (excludes halogenated alkanes) is 1. The Kier molecular flexibility index (Phi) is 10.9. The van der Waals surface area contributed by atoms with Crippen molar-refractivity contribution in [2.75, 3.05) is 20.2 Å². The number of benzene rings is 2. The quantitative estimate of drug-likeness (QED) is 0.259. The second kappa shape index (κ2) is 13.9. The second-order valence-corrected chi connectivity index (χ2v) is 7.77. The maximum absolute atomic E-state index is 12.6. The summed E-state index contributed by atoms with van der Waals surface area (Å²) in [4.78, 5) is 48.2. The van der Waals surface area contributed by atoms with Gasteiger partial charge in [-0.1, -0.05) is 36.8 Å². The van der Waals surface area contributed by atoms with Crippen LogP contribution in [0.2, 0.25) is 0 Å². The number of alkyl halides is 3. The van der Waals surface area contributed by atoms with Crippen LogP contribution in [0.4, 0.5) is 13.2 Å². The van der Waals surface area contributed by atoms with Crippen molar-refractivity contribution in [3.63, 3.8) is 0 Å². The molecule has 0 aliphatic rings. The van der Waals surface area contributed by atoms with Gasteiger partial charge in [-0.25, -0.2) is 0 Å². The molecule has 0 saturated heterocycles. The summed E-state index contributed by atoms with van der Waals surface area (Å²) in [5.41, 5.74) is -0.0536. The lowest BCUT2D eigenvalue weighted by atomic mass is 10.0. The Morgan fingerprint density at radius 1 is 0.889 bits per heavy atom. The normalized spacial score (nSPS) is 11.8. The van der Waals surface area contributed by atoms with Gasteiger partial charge in [0.1, 0.15) is 6.61 Å². The highest BCUT2D eigenvalue weighted by molar-refractivity contribution is 5.96. The largest absolute Gasteiger partial charge is 0.468 e. The van der Waals surface area contributed by atoms with Gasteiger partial charge in [0, 0.05) is 12.1 Å². The molecule has 2 rings (SSSR count). The fourth-order valence-corrected chi connectivity index (χ4v) is 3.14. The van der Waals surface area contributed by atoms with Crippen LogP contribution in [0.15, 0.2) is 54.6 Å². The molecule has 0 heterocycles. The van der Waals surface area contributed by atoms with Crippen molar-refractivity contribution < 1.29 is 41.8 Å². The molecular formula is C25H27F3N2O6. The molecule has 0 unspecified atom stereocenters. The van der Waals surface area contributed by atoms with Gasteiger partial charge in [-0.15, -0.1) is 0 Å². The van der Waals surface area contributed by atoms with Crippen LogP contribution in [0.25, 0.3) is 0 Å². The first kappa shape index (κ1) is 28.3. The van der Waals surface area contributed by atoms with Crippen LogP contribution in [0.3, 0.4) is 0 Å². The topological polar surface area (TPSA) is 111 Å². The molecule has 2 N–H and O–H groups in total. The molecule has 2 aromatic rings. The Bertz CT molecular complexity index is 1030. The summed E-state index contributed by atoms with van der Waals surface area (Å²) >= 11 is 0. The lowest BCUT2D eigenvalue weighted by Gasteiger charge is -2.14. The molecule has 8 nitrogen and oxygen atoms in total. The Labute approximate surface area is 206 Å². The number of carbonyl (C=O) groups excluding carboxylic acids is 4. The summed E-state index contributed by atoms with van der Waals surface area (Å²) in [5.74, 6) is -3.61. The third-order valence-electron chi connectivity index (χ3n) is 5.12. The smallest absolute Gasteiger partial charge is 0.416 e. The van der Waals surface area contributed by atoms with Gasteiger partial charge in [-0.05, 0) is 42.7 Å². The third-order valence-corrected chi connectivity index (χ3v) is 5.12. The lowest BCUT2D eigenvalue weighted by molar-refractivity contribution is -0.161. The van der Waals surface area contributed by atoms with Crippen LogP contribution in [0.5, 0.6) is 0 Å². The number of amides is 2. The minimum absolute atomic E-state index is 0.0964. The molecule has 0 aliphatic heterocycles. The van der Waals surface area contributed by atoms with Gasteiger partial charge in [0.25, 0.3) is 5.91 Å². The number of methoxy groups -OCH3 is 1. The summed E-state index contributed by atoms with van der Waals surface area (Å²) in [6.07, 6.45) is -3.55. The summed E-state index contributed by atoms with van der Waals surface area (Å²) in [6.45, 7) is -0.238. The highest BCUT2D eigenvalue weighted by Gasteiger charge is 2.31. The lowest BCUT2D eigenvalue weighted by Crippen LogP contribution is -2.37. The van der Waals surface area contributed by atoms with E-state index in [4.69, 9.17) is 4.74 Å². The average Bonchev–Trinajstić information content (AvgIpc) is 2.87. The SMILES string of the molecule is COC(=O)[C@H](CCCCNC(=O)CNC(=O)c1ccccc1)C(=O)OCc1ccc(C(F)(F)F)cc1. The van der Waals surface area contributed by atoms with E-state index in [-0.39, 0.29) is 37.9 Å². The highest BCUT2D eigenvalue weighted by atomic mass is 19.4. The summed E-state index contributed by atoms with van der Waals surface area (Å²) < 4.78 is 47.7. The van der Waals surface area contributed by atoms with Crippen LogP contribution in [0, 0.1) is 5.92 Å². The zero-order chi connectivity index (χ0) is 26.6. The monoisotopic (exact) mass is 508 g/mol. The molecule has 11 heteroatoms.